The minimum atomic E-state index is 0.554. The molecule has 1 atom stereocenters. The maximum atomic E-state index is 4.67. The van der Waals surface area contributed by atoms with E-state index in [0.717, 1.165) is 37.0 Å². The van der Waals surface area contributed by atoms with Crippen LogP contribution in [0.4, 0.5) is 11.6 Å². The third kappa shape index (κ3) is 3.07. The summed E-state index contributed by atoms with van der Waals surface area (Å²) in [6, 6.07) is 2.63. The number of thioether (sulfide) groups is 1. The predicted molar refractivity (Wildman–Crippen MR) is 79.7 cm³/mol. The number of nitrogens with zero attached hydrogens (tertiary/aromatic N) is 3. The molecule has 1 aromatic rings. The molecule has 2 heterocycles. The molecule has 0 saturated carbocycles. The summed E-state index contributed by atoms with van der Waals surface area (Å²) in [6.45, 7) is 8.44. The summed E-state index contributed by atoms with van der Waals surface area (Å²) in [5.41, 5.74) is 0. The molecular formula is C13H22N4S. The van der Waals surface area contributed by atoms with Crippen LogP contribution in [0.2, 0.25) is 0 Å². The Balaban J connectivity index is 2.27. The molecule has 18 heavy (non-hydrogen) atoms. The second kappa shape index (κ2) is 6.27. The molecule has 100 valence electrons. The molecule has 1 fully saturated rings. The van der Waals surface area contributed by atoms with E-state index in [-0.39, 0.29) is 0 Å². The Labute approximate surface area is 114 Å². The van der Waals surface area contributed by atoms with E-state index in [1.807, 2.05) is 11.8 Å². The van der Waals surface area contributed by atoms with Gasteiger partial charge in [0.15, 0.2) is 0 Å². The summed E-state index contributed by atoms with van der Waals surface area (Å²) in [5, 5.41) is 3.29. The molecule has 1 aliphatic rings. The van der Waals surface area contributed by atoms with Crippen LogP contribution >= 0.6 is 11.8 Å². The van der Waals surface area contributed by atoms with Gasteiger partial charge in [0.2, 0.25) is 0 Å². The van der Waals surface area contributed by atoms with E-state index in [9.17, 15) is 0 Å². The third-order valence-corrected chi connectivity index (χ3v) is 4.28. The van der Waals surface area contributed by atoms with Crippen molar-refractivity contribution in [1.82, 2.24) is 9.97 Å². The number of anilines is 2. The van der Waals surface area contributed by atoms with Crippen molar-refractivity contribution in [3.63, 3.8) is 0 Å². The first-order valence-corrected chi connectivity index (χ1v) is 7.86. The van der Waals surface area contributed by atoms with Gasteiger partial charge >= 0.3 is 0 Å². The quantitative estimate of drug-likeness (QED) is 0.906. The minimum Gasteiger partial charge on any atom is -0.370 e. The number of aromatic nitrogens is 2. The van der Waals surface area contributed by atoms with E-state index in [1.54, 1.807) is 0 Å². The van der Waals surface area contributed by atoms with Gasteiger partial charge in [-0.1, -0.05) is 6.92 Å². The molecule has 0 radical (unpaired) electrons. The van der Waals surface area contributed by atoms with Crippen LogP contribution in [0.25, 0.3) is 0 Å². The van der Waals surface area contributed by atoms with Gasteiger partial charge < -0.3 is 10.2 Å². The topological polar surface area (TPSA) is 41.0 Å². The fourth-order valence-electron chi connectivity index (χ4n) is 2.13. The van der Waals surface area contributed by atoms with E-state index in [0.29, 0.717) is 6.04 Å². The molecule has 4 nitrogen and oxygen atoms in total. The average Bonchev–Trinajstić information content (AvgIpc) is 2.39. The van der Waals surface area contributed by atoms with Crippen molar-refractivity contribution in [2.45, 2.75) is 33.2 Å². The van der Waals surface area contributed by atoms with Gasteiger partial charge in [-0.05, 0) is 13.8 Å². The number of rotatable bonds is 4. The summed E-state index contributed by atoms with van der Waals surface area (Å²) in [7, 11) is 0. The van der Waals surface area contributed by atoms with Crippen molar-refractivity contribution in [1.29, 1.82) is 0 Å². The Morgan fingerprint density at radius 1 is 1.44 bits per heavy atom. The van der Waals surface area contributed by atoms with Crippen molar-refractivity contribution < 1.29 is 0 Å². The molecule has 0 bridgehead atoms. The fourth-order valence-corrected chi connectivity index (χ4v) is 3.14. The summed E-state index contributed by atoms with van der Waals surface area (Å²) in [6.07, 6.45) is 0.878. The molecule has 1 aliphatic heterocycles. The van der Waals surface area contributed by atoms with E-state index in [2.05, 4.69) is 47.0 Å². The van der Waals surface area contributed by atoms with Gasteiger partial charge in [-0.15, -0.1) is 0 Å². The lowest BCUT2D eigenvalue weighted by atomic mass is 10.3. The largest absolute Gasteiger partial charge is 0.370 e. The molecule has 0 amide bonds. The van der Waals surface area contributed by atoms with Crippen molar-refractivity contribution >= 4 is 23.4 Å². The van der Waals surface area contributed by atoms with E-state index in [4.69, 9.17) is 0 Å². The highest BCUT2D eigenvalue weighted by Gasteiger charge is 2.20. The molecule has 1 N–H and O–H groups in total. The van der Waals surface area contributed by atoms with E-state index < -0.39 is 0 Å². The number of aryl methyl sites for hydroxylation is 1. The van der Waals surface area contributed by atoms with Crippen LogP contribution in [-0.4, -0.2) is 40.6 Å². The van der Waals surface area contributed by atoms with Crippen LogP contribution in [0.5, 0.6) is 0 Å². The van der Waals surface area contributed by atoms with Crippen molar-refractivity contribution in [2.75, 3.05) is 34.8 Å². The molecule has 1 aromatic heterocycles. The number of hydrogen-bond acceptors (Lipinski definition) is 5. The summed E-state index contributed by atoms with van der Waals surface area (Å²) in [5.74, 6) is 5.32. The Hall–Kier alpha value is -0.970. The molecule has 5 heteroatoms. The van der Waals surface area contributed by atoms with Crippen LogP contribution < -0.4 is 10.2 Å². The lowest BCUT2D eigenvalue weighted by molar-refractivity contribution is 0.685. The van der Waals surface area contributed by atoms with E-state index >= 15 is 0 Å². The first-order valence-electron chi connectivity index (χ1n) is 6.70. The zero-order valence-corrected chi connectivity index (χ0v) is 12.3. The van der Waals surface area contributed by atoms with Gasteiger partial charge in [0.25, 0.3) is 0 Å². The Morgan fingerprint density at radius 2 is 2.28 bits per heavy atom. The van der Waals surface area contributed by atoms with Gasteiger partial charge in [0.1, 0.15) is 17.5 Å². The van der Waals surface area contributed by atoms with Gasteiger partial charge in [-0.3, -0.25) is 0 Å². The predicted octanol–water partition coefficient (Wildman–Crippen LogP) is 2.41. The van der Waals surface area contributed by atoms with Crippen LogP contribution in [0, 0.1) is 0 Å². The lowest BCUT2D eigenvalue weighted by Gasteiger charge is -2.34. The van der Waals surface area contributed by atoms with E-state index in [1.165, 1.54) is 11.5 Å². The molecular weight excluding hydrogens is 244 g/mol. The highest BCUT2D eigenvalue weighted by atomic mass is 32.2. The molecule has 0 aromatic carbocycles. The average molecular weight is 266 g/mol. The minimum absolute atomic E-state index is 0.554. The zero-order valence-electron chi connectivity index (χ0n) is 11.4. The Morgan fingerprint density at radius 3 is 2.94 bits per heavy atom. The summed E-state index contributed by atoms with van der Waals surface area (Å²) < 4.78 is 0. The van der Waals surface area contributed by atoms with Crippen molar-refractivity contribution in [3.8, 4) is 0 Å². The standard InChI is InChI=1S/C13H22N4S/c1-4-11-15-12(14-5-2)8-13(16-11)17-6-7-18-9-10(17)3/h8,10H,4-7,9H2,1-3H3,(H,14,15,16). The number of hydrogen-bond donors (Lipinski definition) is 1. The lowest BCUT2D eigenvalue weighted by Crippen LogP contribution is -2.41. The molecule has 2 rings (SSSR count). The monoisotopic (exact) mass is 266 g/mol. The van der Waals surface area contributed by atoms with Crippen molar-refractivity contribution in [2.24, 2.45) is 0 Å². The summed E-state index contributed by atoms with van der Waals surface area (Å²) >= 11 is 2.03. The van der Waals surface area contributed by atoms with Crippen LogP contribution in [0.3, 0.4) is 0 Å². The molecule has 1 unspecified atom stereocenters. The van der Waals surface area contributed by atoms with Gasteiger partial charge in [0.05, 0.1) is 0 Å². The second-order valence-corrected chi connectivity index (χ2v) is 5.68. The molecule has 1 saturated heterocycles. The zero-order chi connectivity index (χ0) is 13.0. The Bertz CT molecular complexity index is 397. The highest BCUT2D eigenvalue weighted by Crippen LogP contribution is 2.24. The Kier molecular flexibility index (Phi) is 4.69. The molecule has 0 spiro atoms. The maximum absolute atomic E-state index is 4.67. The second-order valence-electron chi connectivity index (χ2n) is 4.53. The third-order valence-electron chi connectivity index (χ3n) is 3.09. The van der Waals surface area contributed by atoms with Crippen LogP contribution in [0.15, 0.2) is 6.07 Å². The first-order chi connectivity index (χ1) is 8.74. The number of nitrogens with one attached hydrogen (secondary N) is 1. The van der Waals surface area contributed by atoms with Gasteiger partial charge in [-0.2, -0.15) is 11.8 Å². The molecule has 0 aliphatic carbocycles. The van der Waals surface area contributed by atoms with Crippen LogP contribution in [-0.2, 0) is 6.42 Å². The normalized spacial score (nSPS) is 19.9. The van der Waals surface area contributed by atoms with Crippen LogP contribution in [0.1, 0.15) is 26.6 Å². The highest BCUT2D eigenvalue weighted by molar-refractivity contribution is 7.99. The smallest absolute Gasteiger partial charge is 0.134 e. The van der Waals surface area contributed by atoms with Gasteiger partial charge in [-0.25, -0.2) is 9.97 Å². The summed E-state index contributed by atoms with van der Waals surface area (Å²) in [4.78, 5) is 11.6. The fraction of sp³-hybridized carbons (Fsp3) is 0.692. The van der Waals surface area contributed by atoms with Crippen molar-refractivity contribution in [3.05, 3.63) is 11.9 Å². The first kappa shape index (κ1) is 13.5. The van der Waals surface area contributed by atoms with Gasteiger partial charge in [0, 0.05) is 43.1 Å². The SMILES string of the molecule is CCNc1cc(N2CCSCC2C)nc(CC)n1. The maximum Gasteiger partial charge on any atom is 0.134 e.